The first-order chi connectivity index (χ1) is 15.5. The molecule has 0 radical (unpaired) electrons. The Kier molecular flexibility index (Phi) is 6.03. The van der Waals surface area contributed by atoms with Gasteiger partial charge in [-0.1, -0.05) is 18.2 Å². The fourth-order valence-electron chi connectivity index (χ4n) is 3.44. The second-order valence-corrected chi connectivity index (χ2v) is 7.24. The first-order valence-electron chi connectivity index (χ1n) is 10.1. The number of carbonyl (C=O) groups excluding carboxylic acids is 4. The molecule has 0 saturated carbocycles. The van der Waals surface area contributed by atoms with Crippen LogP contribution >= 0.6 is 0 Å². The van der Waals surface area contributed by atoms with E-state index < -0.39 is 0 Å². The summed E-state index contributed by atoms with van der Waals surface area (Å²) in [6, 6.07) is 16.8. The van der Waals surface area contributed by atoms with Crippen molar-refractivity contribution in [2.45, 2.75) is 12.8 Å². The topological polar surface area (TPSA) is 108 Å². The van der Waals surface area contributed by atoms with Crippen molar-refractivity contribution >= 4 is 35.0 Å². The lowest BCUT2D eigenvalue weighted by Crippen LogP contribution is -2.31. The van der Waals surface area contributed by atoms with Crippen LogP contribution in [0.1, 0.15) is 43.9 Å². The van der Waals surface area contributed by atoms with E-state index in [1.807, 2.05) is 0 Å². The maximum absolute atomic E-state index is 12.4. The van der Waals surface area contributed by atoms with Crippen molar-refractivity contribution in [2.75, 3.05) is 17.2 Å². The molecule has 0 unspecified atom stereocenters. The van der Waals surface area contributed by atoms with Gasteiger partial charge in [0.05, 0.1) is 16.7 Å². The minimum absolute atomic E-state index is 0.139. The van der Waals surface area contributed by atoms with Gasteiger partial charge in [0.15, 0.2) is 0 Å². The number of amides is 4. The Morgan fingerprint density at radius 3 is 2.19 bits per heavy atom. The summed E-state index contributed by atoms with van der Waals surface area (Å²) >= 11 is 0. The minimum Gasteiger partial charge on any atom is -0.326 e. The number of nitrogens with zero attached hydrogens (tertiary/aromatic N) is 2. The summed E-state index contributed by atoms with van der Waals surface area (Å²) in [6.45, 7) is 0.168. The van der Waals surface area contributed by atoms with E-state index in [0.717, 1.165) is 0 Å². The number of hydrogen-bond acceptors (Lipinski definition) is 5. The van der Waals surface area contributed by atoms with Crippen molar-refractivity contribution in [1.82, 2.24) is 9.88 Å². The third-order valence-electron chi connectivity index (χ3n) is 4.99. The molecule has 4 amide bonds. The molecular formula is C24H20N4O4. The number of anilines is 2. The summed E-state index contributed by atoms with van der Waals surface area (Å²) in [6.07, 6.45) is 3.53. The molecule has 4 rings (SSSR count). The number of benzene rings is 2. The van der Waals surface area contributed by atoms with Gasteiger partial charge in [0, 0.05) is 36.7 Å². The quantitative estimate of drug-likeness (QED) is 0.561. The van der Waals surface area contributed by atoms with Gasteiger partial charge in [-0.15, -0.1) is 0 Å². The van der Waals surface area contributed by atoms with Crippen molar-refractivity contribution < 1.29 is 19.2 Å². The van der Waals surface area contributed by atoms with Crippen LogP contribution in [0.5, 0.6) is 0 Å². The van der Waals surface area contributed by atoms with Crippen molar-refractivity contribution in [2.24, 2.45) is 0 Å². The molecule has 8 nitrogen and oxygen atoms in total. The van der Waals surface area contributed by atoms with Gasteiger partial charge in [-0.25, -0.2) is 0 Å². The van der Waals surface area contributed by atoms with Crippen molar-refractivity contribution in [3.05, 3.63) is 89.7 Å². The number of nitrogens with one attached hydrogen (secondary N) is 2. The van der Waals surface area contributed by atoms with E-state index in [2.05, 4.69) is 15.6 Å². The number of imide groups is 1. The zero-order valence-corrected chi connectivity index (χ0v) is 17.1. The second kappa shape index (κ2) is 9.22. The van der Waals surface area contributed by atoms with E-state index in [4.69, 9.17) is 0 Å². The Labute approximate surface area is 184 Å². The van der Waals surface area contributed by atoms with Gasteiger partial charge in [0.25, 0.3) is 17.7 Å². The molecule has 2 aromatic carbocycles. The molecular weight excluding hydrogens is 408 g/mol. The number of rotatable bonds is 7. The fourth-order valence-corrected chi connectivity index (χ4v) is 3.44. The van der Waals surface area contributed by atoms with Crippen molar-refractivity contribution in [3.63, 3.8) is 0 Å². The monoisotopic (exact) mass is 428 g/mol. The fraction of sp³-hybridized carbons (Fsp3) is 0.125. The van der Waals surface area contributed by atoms with Gasteiger partial charge >= 0.3 is 0 Å². The highest BCUT2D eigenvalue weighted by Crippen LogP contribution is 2.23. The Morgan fingerprint density at radius 2 is 1.53 bits per heavy atom. The molecule has 0 saturated heterocycles. The summed E-state index contributed by atoms with van der Waals surface area (Å²) in [5.41, 5.74) is 2.27. The molecule has 0 aliphatic carbocycles. The largest absolute Gasteiger partial charge is 0.326 e. The van der Waals surface area contributed by atoms with E-state index in [1.165, 1.54) is 11.1 Å². The standard InChI is InChI=1S/C24H20N4O4/c29-21(11-5-13-28-23(31)19-9-1-2-10-20(19)24(28)32)26-17-7-3-8-18(14-17)27-22(30)16-6-4-12-25-15-16/h1-4,6-10,12,14-15H,5,11,13H2,(H,26,29)(H,27,30). The first-order valence-corrected chi connectivity index (χ1v) is 10.1. The lowest BCUT2D eigenvalue weighted by molar-refractivity contribution is -0.116. The van der Waals surface area contributed by atoms with E-state index in [0.29, 0.717) is 34.5 Å². The Hall–Kier alpha value is -4.33. The summed E-state index contributed by atoms with van der Waals surface area (Å²) in [5, 5.41) is 5.53. The number of carbonyl (C=O) groups is 4. The molecule has 3 aromatic rings. The predicted molar refractivity (Wildman–Crippen MR) is 118 cm³/mol. The first kappa shape index (κ1) is 20.9. The number of fused-ring (bicyclic) bond motifs is 1. The van der Waals surface area contributed by atoms with Crippen LogP contribution in [-0.2, 0) is 4.79 Å². The smallest absolute Gasteiger partial charge is 0.261 e. The summed E-state index contributed by atoms with van der Waals surface area (Å²) < 4.78 is 0. The van der Waals surface area contributed by atoms with E-state index in [9.17, 15) is 19.2 Å². The Morgan fingerprint density at radius 1 is 0.844 bits per heavy atom. The van der Waals surface area contributed by atoms with Crippen LogP contribution in [0.2, 0.25) is 0 Å². The van der Waals surface area contributed by atoms with Crippen LogP contribution in [0.3, 0.4) is 0 Å². The second-order valence-electron chi connectivity index (χ2n) is 7.24. The molecule has 8 heteroatoms. The van der Waals surface area contributed by atoms with Crippen LogP contribution < -0.4 is 10.6 Å². The minimum atomic E-state index is -0.330. The van der Waals surface area contributed by atoms with Crippen LogP contribution in [0, 0.1) is 0 Å². The molecule has 1 aromatic heterocycles. The van der Waals surface area contributed by atoms with Crippen molar-refractivity contribution in [1.29, 1.82) is 0 Å². The molecule has 0 spiro atoms. The third kappa shape index (κ3) is 4.54. The van der Waals surface area contributed by atoms with E-state index >= 15 is 0 Å². The molecule has 1 aliphatic rings. The van der Waals surface area contributed by atoms with Gasteiger partial charge < -0.3 is 10.6 Å². The molecule has 0 bridgehead atoms. The lowest BCUT2D eigenvalue weighted by atomic mass is 10.1. The zero-order chi connectivity index (χ0) is 22.5. The van der Waals surface area contributed by atoms with Gasteiger partial charge in [-0.3, -0.25) is 29.1 Å². The third-order valence-corrected chi connectivity index (χ3v) is 4.99. The molecule has 2 heterocycles. The van der Waals surface area contributed by atoms with Gasteiger partial charge in [-0.05, 0) is 48.9 Å². The van der Waals surface area contributed by atoms with E-state index in [-0.39, 0.29) is 36.6 Å². The number of aromatic nitrogens is 1. The zero-order valence-electron chi connectivity index (χ0n) is 17.1. The Bertz CT molecular complexity index is 1160. The van der Waals surface area contributed by atoms with E-state index in [1.54, 1.807) is 66.9 Å². The highest BCUT2D eigenvalue weighted by molar-refractivity contribution is 6.21. The average molecular weight is 428 g/mol. The molecule has 0 atom stereocenters. The van der Waals surface area contributed by atoms with Gasteiger partial charge in [0.2, 0.25) is 5.91 Å². The average Bonchev–Trinajstić information content (AvgIpc) is 3.05. The van der Waals surface area contributed by atoms with Crippen LogP contribution in [0.25, 0.3) is 0 Å². The summed E-state index contributed by atoms with van der Waals surface area (Å²) in [4.78, 5) is 54.4. The van der Waals surface area contributed by atoms with Gasteiger partial charge in [-0.2, -0.15) is 0 Å². The summed E-state index contributed by atoms with van der Waals surface area (Å²) in [5.74, 6) is -1.22. The lowest BCUT2D eigenvalue weighted by Gasteiger charge is -2.13. The molecule has 1 aliphatic heterocycles. The normalized spacial score (nSPS) is 12.4. The van der Waals surface area contributed by atoms with Crippen LogP contribution in [-0.4, -0.2) is 40.1 Å². The maximum atomic E-state index is 12.4. The van der Waals surface area contributed by atoms with Crippen LogP contribution in [0.15, 0.2) is 73.1 Å². The SMILES string of the molecule is O=C(CCCN1C(=O)c2ccccc2C1=O)Nc1cccc(NC(=O)c2cccnc2)c1. The van der Waals surface area contributed by atoms with Crippen LogP contribution in [0.4, 0.5) is 11.4 Å². The molecule has 32 heavy (non-hydrogen) atoms. The predicted octanol–water partition coefficient (Wildman–Crippen LogP) is 3.35. The molecule has 160 valence electrons. The molecule has 2 N–H and O–H groups in total. The van der Waals surface area contributed by atoms with Gasteiger partial charge in [0.1, 0.15) is 0 Å². The maximum Gasteiger partial charge on any atom is 0.261 e. The summed E-state index contributed by atoms with van der Waals surface area (Å²) in [7, 11) is 0. The number of hydrogen-bond donors (Lipinski definition) is 2. The van der Waals surface area contributed by atoms with Crippen molar-refractivity contribution in [3.8, 4) is 0 Å². The Balaban J connectivity index is 1.29. The highest BCUT2D eigenvalue weighted by Gasteiger charge is 2.34. The number of pyridine rings is 1. The molecule has 0 fully saturated rings. The highest BCUT2D eigenvalue weighted by atomic mass is 16.2.